The summed E-state index contributed by atoms with van der Waals surface area (Å²) < 4.78 is 6.30. The highest BCUT2D eigenvalue weighted by Crippen LogP contribution is 2.19. The van der Waals surface area contributed by atoms with E-state index in [0.29, 0.717) is 13.2 Å². The molecule has 2 aromatic rings. The molecule has 0 unspecified atom stereocenters. The molecule has 0 aromatic heterocycles. The molecule has 0 aliphatic carbocycles. The number of aromatic carboxylic acids is 1. The maximum Gasteiger partial charge on any atom is 0.335 e. The van der Waals surface area contributed by atoms with E-state index < -0.39 is 5.97 Å². The Bertz CT molecular complexity index is 636. The van der Waals surface area contributed by atoms with E-state index in [9.17, 15) is 4.79 Å². The molecule has 0 atom stereocenters. The molecule has 21 heavy (non-hydrogen) atoms. The quantitative estimate of drug-likeness (QED) is 0.789. The van der Waals surface area contributed by atoms with E-state index in [1.807, 2.05) is 42.5 Å². The summed E-state index contributed by atoms with van der Waals surface area (Å²) in [5.74, 6) is -0.936. The van der Waals surface area contributed by atoms with Crippen molar-refractivity contribution in [3.63, 3.8) is 0 Å². The van der Waals surface area contributed by atoms with Gasteiger partial charge in [0.1, 0.15) is 0 Å². The van der Waals surface area contributed by atoms with Gasteiger partial charge in [-0.2, -0.15) is 0 Å². The van der Waals surface area contributed by atoms with Crippen LogP contribution in [0.1, 0.15) is 21.5 Å². The number of rotatable bonds is 6. The molecule has 0 fully saturated rings. The Labute approximate surface area is 132 Å². The molecule has 0 aliphatic rings. The van der Waals surface area contributed by atoms with Crippen molar-refractivity contribution in [1.82, 2.24) is 0 Å². The largest absolute Gasteiger partial charge is 0.478 e. The van der Waals surface area contributed by atoms with Gasteiger partial charge >= 0.3 is 5.97 Å². The average molecular weight is 347 g/mol. The van der Waals surface area contributed by atoms with Gasteiger partial charge in [-0.25, -0.2) is 4.79 Å². The van der Waals surface area contributed by atoms with Gasteiger partial charge in [0.05, 0.1) is 18.8 Å². The highest BCUT2D eigenvalue weighted by atomic mass is 79.9. The number of carboxylic acid groups (broad SMARTS) is 1. The lowest BCUT2D eigenvalue weighted by Gasteiger charge is -2.05. The van der Waals surface area contributed by atoms with E-state index in [4.69, 9.17) is 9.84 Å². The maximum atomic E-state index is 10.8. The monoisotopic (exact) mass is 346 g/mol. The second-order valence-corrected chi connectivity index (χ2v) is 5.29. The van der Waals surface area contributed by atoms with Crippen LogP contribution in [0.4, 0.5) is 0 Å². The number of hydrogen-bond donors (Lipinski definition) is 1. The van der Waals surface area contributed by atoms with E-state index >= 15 is 0 Å². The zero-order valence-electron chi connectivity index (χ0n) is 11.3. The Balaban J connectivity index is 1.84. The van der Waals surface area contributed by atoms with Gasteiger partial charge in [-0.15, -0.1) is 0 Å². The summed E-state index contributed by atoms with van der Waals surface area (Å²) in [6.07, 6.45) is 3.96. The second kappa shape index (κ2) is 7.76. The molecule has 0 radical (unpaired) electrons. The van der Waals surface area contributed by atoms with Crippen molar-refractivity contribution in [3.8, 4) is 0 Å². The summed E-state index contributed by atoms with van der Waals surface area (Å²) in [4.78, 5) is 10.8. The van der Waals surface area contributed by atoms with Crippen LogP contribution in [0, 0.1) is 0 Å². The third-order valence-corrected chi connectivity index (χ3v) is 3.62. The minimum absolute atomic E-state index is 0.259. The topological polar surface area (TPSA) is 46.5 Å². The number of benzene rings is 2. The van der Waals surface area contributed by atoms with Crippen LogP contribution in [0.25, 0.3) is 6.08 Å². The molecule has 0 saturated carbocycles. The molecule has 0 amide bonds. The van der Waals surface area contributed by atoms with Crippen molar-refractivity contribution in [1.29, 1.82) is 0 Å². The summed E-state index contributed by atoms with van der Waals surface area (Å²) in [5, 5.41) is 8.89. The van der Waals surface area contributed by atoms with Crippen LogP contribution in [0.3, 0.4) is 0 Å². The fraction of sp³-hybridized carbons (Fsp3) is 0.118. The van der Waals surface area contributed by atoms with Gasteiger partial charge in [0, 0.05) is 4.47 Å². The second-order valence-electron chi connectivity index (χ2n) is 4.44. The van der Waals surface area contributed by atoms with Gasteiger partial charge in [0.25, 0.3) is 0 Å². The molecule has 0 bridgehead atoms. The van der Waals surface area contributed by atoms with Gasteiger partial charge < -0.3 is 9.84 Å². The fourth-order valence-electron chi connectivity index (χ4n) is 1.78. The summed E-state index contributed by atoms with van der Waals surface area (Å²) in [7, 11) is 0. The number of carbonyl (C=O) groups is 1. The minimum Gasteiger partial charge on any atom is -0.478 e. The molecule has 0 spiro atoms. The lowest BCUT2D eigenvalue weighted by atomic mass is 10.1. The normalized spacial score (nSPS) is 10.9. The van der Waals surface area contributed by atoms with Crippen molar-refractivity contribution < 1.29 is 14.6 Å². The van der Waals surface area contributed by atoms with E-state index in [2.05, 4.69) is 15.9 Å². The van der Waals surface area contributed by atoms with E-state index in [0.717, 1.165) is 15.6 Å². The molecule has 108 valence electrons. The number of ether oxygens (including phenoxy) is 1. The Morgan fingerprint density at radius 3 is 2.62 bits per heavy atom. The van der Waals surface area contributed by atoms with Crippen molar-refractivity contribution in [2.24, 2.45) is 0 Å². The Morgan fingerprint density at radius 1 is 1.19 bits per heavy atom. The van der Waals surface area contributed by atoms with Crippen LogP contribution in [0.15, 0.2) is 59.1 Å². The average Bonchev–Trinajstić information content (AvgIpc) is 2.49. The van der Waals surface area contributed by atoms with Gasteiger partial charge in [-0.05, 0) is 23.3 Å². The molecule has 2 rings (SSSR count). The van der Waals surface area contributed by atoms with Gasteiger partial charge in [0.15, 0.2) is 0 Å². The van der Waals surface area contributed by atoms with Crippen LogP contribution in [0.2, 0.25) is 0 Å². The maximum absolute atomic E-state index is 10.8. The Morgan fingerprint density at radius 2 is 1.95 bits per heavy atom. The minimum atomic E-state index is -0.936. The summed E-state index contributed by atoms with van der Waals surface area (Å²) >= 11 is 3.36. The van der Waals surface area contributed by atoms with E-state index in [1.165, 1.54) is 0 Å². The predicted octanol–water partition coefficient (Wildman–Crippen LogP) is 4.38. The zero-order valence-corrected chi connectivity index (χ0v) is 12.9. The molecule has 0 aliphatic heterocycles. The Kier molecular flexibility index (Phi) is 5.72. The third kappa shape index (κ3) is 4.85. The number of hydrogen-bond acceptors (Lipinski definition) is 2. The summed E-state index contributed by atoms with van der Waals surface area (Å²) in [5.41, 5.74) is 2.32. The first kappa shape index (κ1) is 15.5. The number of carboxylic acids is 1. The first-order valence-corrected chi connectivity index (χ1v) is 7.27. The van der Waals surface area contributed by atoms with E-state index in [-0.39, 0.29) is 5.56 Å². The van der Waals surface area contributed by atoms with Crippen LogP contribution < -0.4 is 0 Å². The van der Waals surface area contributed by atoms with Crippen molar-refractivity contribution in [3.05, 3.63) is 75.8 Å². The predicted molar refractivity (Wildman–Crippen MR) is 86.2 cm³/mol. The molecular formula is C17H15BrO3. The molecule has 1 N–H and O–H groups in total. The van der Waals surface area contributed by atoms with Crippen LogP contribution in [-0.4, -0.2) is 17.7 Å². The third-order valence-electron chi connectivity index (χ3n) is 2.88. The van der Waals surface area contributed by atoms with Crippen molar-refractivity contribution in [2.75, 3.05) is 6.61 Å². The molecule has 2 aromatic carbocycles. The fourth-order valence-corrected chi connectivity index (χ4v) is 2.28. The molecule has 0 saturated heterocycles. The van der Waals surface area contributed by atoms with Crippen LogP contribution >= 0.6 is 15.9 Å². The first-order valence-electron chi connectivity index (χ1n) is 6.48. The van der Waals surface area contributed by atoms with Gasteiger partial charge in [-0.1, -0.05) is 64.5 Å². The highest BCUT2D eigenvalue weighted by molar-refractivity contribution is 9.10. The van der Waals surface area contributed by atoms with Crippen molar-refractivity contribution >= 4 is 28.0 Å². The lowest BCUT2D eigenvalue weighted by Crippen LogP contribution is -1.99. The standard InChI is InChI=1S/C17H15BrO3/c18-16-11-14(17(19)20)8-9-15(16)12-21-10-4-7-13-5-2-1-3-6-13/h1-9,11H,10,12H2,(H,19,20)/b7-4+. The summed E-state index contributed by atoms with van der Waals surface area (Å²) in [6.45, 7) is 0.932. The smallest absolute Gasteiger partial charge is 0.335 e. The lowest BCUT2D eigenvalue weighted by molar-refractivity contribution is 0.0696. The van der Waals surface area contributed by atoms with Crippen LogP contribution in [-0.2, 0) is 11.3 Å². The van der Waals surface area contributed by atoms with Gasteiger partial charge in [0.2, 0.25) is 0 Å². The molecule has 4 heteroatoms. The molecule has 3 nitrogen and oxygen atoms in total. The zero-order chi connectivity index (χ0) is 15.1. The van der Waals surface area contributed by atoms with Crippen molar-refractivity contribution in [2.45, 2.75) is 6.61 Å². The molecule has 0 heterocycles. The highest BCUT2D eigenvalue weighted by Gasteiger charge is 2.06. The van der Waals surface area contributed by atoms with Crippen LogP contribution in [0.5, 0.6) is 0 Å². The SMILES string of the molecule is O=C(O)c1ccc(COC/C=C/c2ccccc2)c(Br)c1. The van der Waals surface area contributed by atoms with E-state index in [1.54, 1.807) is 18.2 Å². The Hall–Kier alpha value is -1.91. The molecular weight excluding hydrogens is 332 g/mol. The summed E-state index contributed by atoms with van der Waals surface area (Å²) in [6, 6.07) is 14.9. The number of halogens is 1. The van der Waals surface area contributed by atoms with Gasteiger partial charge in [-0.3, -0.25) is 0 Å². The first-order chi connectivity index (χ1) is 10.2.